The lowest BCUT2D eigenvalue weighted by Crippen LogP contribution is -2.05. The van der Waals surface area contributed by atoms with Gasteiger partial charge in [-0.05, 0) is 42.0 Å². The zero-order valence-electron chi connectivity index (χ0n) is 16.8. The molecule has 5 rings (SSSR count). The molecule has 0 bridgehead atoms. The molecule has 0 spiro atoms. The zero-order valence-corrected chi connectivity index (χ0v) is 18.3. The third-order valence-corrected chi connectivity index (χ3v) is 5.78. The van der Waals surface area contributed by atoms with E-state index < -0.39 is 5.63 Å². The Labute approximate surface area is 192 Å². The smallest absolute Gasteiger partial charge is 0.336 e. The van der Waals surface area contributed by atoms with Crippen LogP contribution in [-0.4, -0.2) is 21.6 Å². The minimum atomic E-state index is -0.403. The van der Waals surface area contributed by atoms with Crippen molar-refractivity contribution in [2.45, 2.75) is 19.6 Å². The first kappa shape index (κ1) is 20.6. The molecule has 0 unspecified atom stereocenters. The van der Waals surface area contributed by atoms with Gasteiger partial charge in [0.05, 0.1) is 24.4 Å². The normalized spacial score (nSPS) is 13.6. The molecule has 2 aromatic heterocycles. The predicted octanol–water partition coefficient (Wildman–Crippen LogP) is 5.05. The van der Waals surface area contributed by atoms with Crippen molar-refractivity contribution in [1.82, 2.24) is 15.0 Å². The highest BCUT2D eigenvalue weighted by Gasteiger charge is 2.18. The molecule has 3 heterocycles. The van der Waals surface area contributed by atoms with Gasteiger partial charge in [-0.2, -0.15) is 0 Å². The molecule has 7 nitrogen and oxygen atoms in total. The van der Waals surface area contributed by atoms with E-state index in [9.17, 15) is 4.79 Å². The second-order valence-electron chi connectivity index (χ2n) is 7.31. The average Bonchev–Trinajstić information content (AvgIpc) is 3.18. The molecule has 0 atom stereocenters. The molecular formula is C23H17Cl2N3O4. The fraction of sp³-hybridized carbons (Fsp3) is 0.174. The monoisotopic (exact) mass is 469 g/mol. The largest absolute Gasteiger partial charge is 0.493 e. The summed E-state index contributed by atoms with van der Waals surface area (Å²) in [6, 6.07) is 13.8. The van der Waals surface area contributed by atoms with Gasteiger partial charge in [-0.25, -0.2) is 9.48 Å². The van der Waals surface area contributed by atoms with Crippen LogP contribution in [-0.2, 0) is 13.2 Å². The van der Waals surface area contributed by atoms with Crippen LogP contribution in [0.25, 0.3) is 16.0 Å². The van der Waals surface area contributed by atoms with Gasteiger partial charge in [0, 0.05) is 34.5 Å². The summed E-state index contributed by atoms with van der Waals surface area (Å²) in [6.45, 7) is 1.21. The van der Waals surface area contributed by atoms with Crippen molar-refractivity contribution in [2.24, 2.45) is 0 Å². The van der Waals surface area contributed by atoms with E-state index in [-0.39, 0.29) is 6.61 Å². The van der Waals surface area contributed by atoms with Crippen molar-refractivity contribution in [1.29, 1.82) is 0 Å². The van der Waals surface area contributed by atoms with Gasteiger partial charge < -0.3 is 13.9 Å². The van der Waals surface area contributed by atoms with Gasteiger partial charge in [-0.3, -0.25) is 0 Å². The first-order chi connectivity index (χ1) is 15.5. The van der Waals surface area contributed by atoms with Crippen LogP contribution in [0.3, 0.4) is 0 Å². The van der Waals surface area contributed by atoms with Gasteiger partial charge in [0.25, 0.3) is 0 Å². The summed E-state index contributed by atoms with van der Waals surface area (Å²) in [5, 5.41) is 10.4. The molecule has 0 fully saturated rings. The van der Waals surface area contributed by atoms with Gasteiger partial charge >= 0.3 is 5.63 Å². The number of aromatic nitrogens is 3. The van der Waals surface area contributed by atoms with E-state index in [1.54, 1.807) is 28.9 Å². The Hall–Kier alpha value is -3.29. The third-order valence-electron chi connectivity index (χ3n) is 5.07. The molecule has 1 aliphatic heterocycles. The summed E-state index contributed by atoms with van der Waals surface area (Å²) < 4.78 is 18.5. The fourth-order valence-corrected chi connectivity index (χ4v) is 3.97. The van der Waals surface area contributed by atoms with E-state index in [1.807, 2.05) is 24.4 Å². The Kier molecular flexibility index (Phi) is 5.59. The van der Waals surface area contributed by atoms with Crippen molar-refractivity contribution in [3.8, 4) is 11.5 Å². The molecular weight excluding hydrogens is 453 g/mol. The van der Waals surface area contributed by atoms with E-state index in [2.05, 4.69) is 10.3 Å². The second-order valence-corrected chi connectivity index (χ2v) is 8.12. The molecule has 9 heteroatoms. The second kappa shape index (κ2) is 8.68. The lowest BCUT2D eigenvalue weighted by molar-refractivity contribution is 0.301. The van der Waals surface area contributed by atoms with Crippen molar-refractivity contribution in [2.75, 3.05) is 6.61 Å². The Balaban J connectivity index is 1.30. The average molecular weight is 470 g/mol. The zero-order chi connectivity index (χ0) is 22.1. The van der Waals surface area contributed by atoms with Crippen LogP contribution >= 0.6 is 23.2 Å². The Morgan fingerprint density at radius 2 is 1.97 bits per heavy atom. The molecule has 0 aliphatic carbocycles. The van der Waals surface area contributed by atoms with E-state index in [4.69, 9.17) is 37.1 Å². The van der Waals surface area contributed by atoms with Crippen LogP contribution in [0.2, 0.25) is 5.02 Å². The summed E-state index contributed by atoms with van der Waals surface area (Å²) in [6.07, 6.45) is 2.47. The van der Waals surface area contributed by atoms with Gasteiger partial charge in [0.1, 0.15) is 29.4 Å². The van der Waals surface area contributed by atoms with Crippen molar-refractivity contribution >= 4 is 39.2 Å². The highest BCUT2D eigenvalue weighted by atomic mass is 35.5. The number of hydrogen-bond acceptors (Lipinski definition) is 6. The number of fused-ring (bicyclic) bond motifs is 2. The molecule has 0 amide bonds. The maximum atomic E-state index is 11.4. The van der Waals surface area contributed by atoms with E-state index in [1.165, 1.54) is 6.07 Å². The SMILES string of the molecule is O=c1ccc2ccc(OCc3cn(CC4=C(Cl)c5cc(Cl)ccc5OCC4)nn3)cc2o1. The molecule has 32 heavy (non-hydrogen) atoms. The topological polar surface area (TPSA) is 79.4 Å². The number of halogens is 2. The minimum Gasteiger partial charge on any atom is -0.493 e. The van der Waals surface area contributed by atoms with Crippen molar-refractivity contribution in [3.63, 3.8) is 0 Å². The summed E-state index contributed by atoms with van der Waals surface area (Å²) in [5.41, 5.74) is 2.48. The van der Waals surface area contributed by atoms with Gasteiger partial charge in [-0.15, -0.1) is 5.10 Å². The van der Waals surface area contributed by atoms with Gasteiger partial charge in [-0.1, -0.05) is 28.4 Å². The summed E-state index contributed by atoms with van der Waals surface area (Å²) in [5.74, 6) is 1.29. The quantitative estimate of drug-likeness (QED) is 0.380. The molecule has 0 N–H and O–H groups in total. The molecule has 4 aromatic rings. The van der Waals surface area contributed by atoms with Gasteiger partial charge in [0.2, 0.25) is 0 Å². The Bertz CT molecular complexity index is 1390. The lowest BCUT2D eigenvalue weighted by Gasteiger charge is -2.08. The highest BCUT2D eigenvalue weighted by Crippen LogP contribution is 2.37. The van der Waals surface area contributed by atoms with Crippen molar-refractivity contribution in [3.05, 3.63) is 87.0 Å². The molecule has 0 saturated carbocycles. The van der Waals surface area contributed by atoms with E-state index in [0.29, 0.717) is 52.4 Å². The fourth-order valence-electron chi connectivity index (χ4n) is 3.50. The highest BCUT2D eigenvalue weighted by molar-refractivity contribution is 6.49. The number of nitrogens with zero attached hydrogens (tertiary/aromatic N) is 3. The van der Waals surface area contributed by atoms with Crippen LogP contribution in [0.5, 0.6) is 11.5 Å². The minimum absolute atomic E-state index is 0.219. The summed E-state index contributed by atoms with van der Waals surface area (Å²) in [4.78, 5) is 11.4. The Morgan fingerprint density at radius 1 is 1.09 bits per heavy atom. The maximum absolute atomic E-state index is 11.4. The molecule has 2 aromatic carbocycles. The number of hydrogen-bond donors (Lipinski definition) is 0. The lowest BCUT2D eigenvalue weighted by atomic mass is 10.1. The van der Waals surface area contributed by atoms with Crippen LogP contribution < -0.4 is 15.1 Å². The third kappa shape index (κ3) is 4.35. The standard InChI is InChI=1S/C23H17Cl2N3O4/c24-16-3-5-20-19(9-16)23(25)15(7-8-30-20)11-28-12-17(26-27-28)13-31-18-4-1-14-2-6-22(29)32-21(14)10-18/h1-6,9-10,12H,7-8,11,13H2. The predicted molar refractivity (Wildman–Crippen MR) is 121 cm³/mol. The van der Waals surface area contributed by atoms with Crippen LogP contribution in [0, 0.1) is 0 Å². The Morgan fingerprint density at radius 3 is 2.88 bits per heavy atom. The first-order valence-electron chi connectivity index (χ1n) is 9.91. The summed E-state index contributed by atoms with van der Waals surface area (Å²) >= 11 is 12.8. The molecule has 1 aliphatic rings. The maximum Gasteiger partial charge on any atom is 0.336 e. The number of rotatable bonds is 5. The van der Waals surface area contributed by atoms with E-state index in [0.717, 1.165) is 16.5 Å². The van der Waals surface area contributed by atoms with Crippen molar-refractivity contribution < 1.29 is 13.9 Å². The molecule has 162 valence electrons. The number of benzene rings is 2. The first-order valence-corrected chi connectivity index (χ1v) is 10.7. The van der Waals surface area contributed by atoms with Crippen LogP contribution in [0.15, 0.2) is 69.5 Å². The van der Waals surface area contributed by atoms with Crippen LogP contribution in [0.1, 0.15) is 17.7 Å². The molecule has 0 radical (unpaired) electrons. The van der Waals surface area contributed by atoms with Gasteiger partial charge in [0.15, 0.2) is 0 Å². The summed E-state index contributed by atoms with van der Waals surface area (Å²) in [7, 11) is 0. The number of ether oxygens (including phenoxy) is 2. The van der Waals surface area contributed by atoms with Crippen LogP contribution in [0.4, 0.5) is 0 Å². The molecule has 0 saturated heterocycles. The van der Waals surface area contributed by atoms with E-state index >= 15 is 0 Å².